The number of allylic oxidation sites excluding steroid dienone is 7. The number of carbonyl (C=O) groups excluding carboxylic acids is 1. The molecule has 6 nitrogen and oxygen atoms in total. The minimum Gasteiger partial charge on any atom is -0.482 e. The highest BCUT2D eigenvalue weighted by atomic mass is 16.6. The Kier molecular flexibility index (Phi) is 6.29. The molecule has 140 valence electrons. The van der Waals surface area contributed by atoms with Gasteiger partial charge in [0.05, 0.1) is 6.10 Å². The molecule has 1 unspecified atom stereocenters. The maximum Gasteiger partial charge on any atom is 0.492 e. The van der Waals surface area contributed by atoms with Crippen molar-refractivity contribution in [2.24, 2.45) is 0 Å². The van der Waals surface area contributed by atoms with Crippen LogP contribution in [0, 0.1) is 0 Å². The van der Waals surface area contributed by atoms with Gasteiger partial charge in [-0.25, -0.2) is 4.79 Å². The lowest BCUT2D eigenvalue weighted by Gasteiger charge is -2.17. The topological polar surface area (TPSA) is 68.2 Å². The van der Waals surface area contributed by atoms with E-state index in [4.69, 9.17) is 14.1 Å². The minimum atomic E-state index is -0.995. The van der Waals surface area contributed by atoms with Crippen LogP contribution in [0.15, 0.2) is 66.5 Å². The molecule has 0 spiro atoms. The van der Waals surface area contributed by atoms with Crippen LogP contribution in [-0.2, 0) is 14.2 Å². The molecule has 27 heavy (non-hydrogen) atoms. The van der Waals surface area contributed by atoms with Crippen LogP contribution in [0.5, 0.6) is 5.75 Å². The van der Waals surface area contributed by atoms with E-state index in [0.29, 0.717) is 23.5 Å². The Hall–Kier alpha value is -2.61. The third-order valence-corrected chi connectivity index (χ3v) is 4.05. The van der Waals surface area contributed by atoms with Crippen LogP contribution in [0.2, 0.25) is 0 Å². The molecule has 7 heteroatoms. The molecule has 2 aliphatic rings. The van der Waals surface area contributed by atoms with Crippen molar-refractivity contribution in [1.29, 1.82) is 0 Å². The first-order chi connectivity index (χ1) is 13.0. The summed E-state index contributed by atoms with van der Waals surface area (Å²) >= 11 is 0. The lowest BCUT2D eigenvalue weighted by Crippen LogP contribution is -2.28. The number of hydrogen-bond acceptors (Lipinski definition) is 6. The summed E-state index contributed by atoms with van der Waals surface area (Å²) in [4.78, 5) is 14.0. The van der Waals surface area contributed by atoms with Crippen LogP contribution in [0.3, 0.4) is 0 Å². The molecule has 0 saturated carbocycles. The van der Waals surface area contributed by atoms with Gasteiger partial charge in [0.2, 0.25) is 0 Å². The zero-order valence-corrected chi connectivity index (χ0v) is 15.4. The van der Waals surface area contributed by atoms with Crippen molar-refractivity contribution in [2.75, 3.05) is 27.2 Å². The van der Waals surface area contributed by atoms with E-state index in [9.17, 15) is 9.82 Å². The Morgan fingerprint density at radius 1 is 1.22 bits per heavy atom. The highest BCUT2D eigenvalue weighted by molar-refractivity contribution is 6.61. The van der Waals surface area contributed by atoms with Gasteiger partial charge in [-0.1, -0.05) is 36.4 Å². The summed E-state index contributed by atoms with van der Waals surface area (Å²) in [6.07, 6.45) is 12.3. The predicted molar refractivity (Wildman–Crippen MR) is 104 cm³/mol. The smallest absolute Gasteiger partial charge is 0.482 e. The molecule has 1 atom stereocenters. The Labute approximate surface area is 159 Å². The average Bonchev–Trinajstić information content (AvgIpc) is 2.90. The van der Waals surface area contributed by atoms with Crippen molar-refractivity contribution in [2.45, 2.75) is 6.10 Å². The van der Waals surface area contributed by atoms with Gasteiger partial charge in [-0.2, -0.15) is 0 Å². The van der Waals surface area contributed by atoms with Crippen molar-refractivity contribution < 1.29 is 23.9 Å². The highest BCUT2D eigenvalue weighted by Crippen LogP contribution is 2.26. The van der Waals surface area contributed by atoms with Gasteiger partial charge in [0, 0.05) is 6.54 Å². The van der Waals surface area contributed by atoms with Crippen LogP contribution in [0.25, 0.3) is 0 Å². The van der Waals surface area contributed by atoms with Gasteiger partial charge in [-0.05, 0) is 49.4 Å². The molecule has 1 heterocycles. The van der Waals surface area contributed by atoms with E-state index < -0.39 is 13.1 Å². The molecule has 1 aliphatic heterocycles. The fraction of sp³-hybridized carbons (Fsp3) is 0.250. The van der Waals surface area contributed by atoms with Crippen molar-refractivity contribution >= 4 is 18.6 Å². The van der Waals surface area contributed by atoms with E-state index in [-0.39, 0.29) is 12.7 Å². The van der Waals surface area contributed by atoms with Gasteiger partial charge in [0.25, 0.3) is 0 Å². The molecule has 1 aromatic carbocycles. The van der Waals surface area contributed by atoms with Crippen molar-refractivity contribution in [3.05, 3.63) is 72.1 Å². The molecule has 3 rings (SSSR count). The molecule has 1 N–H and O–H groups in total. The quantitative estimate of drug-likeness (QED) is 0.607. The van der Waals surface area contributed by atoms with Gasteiger partial charge in [0.1, 0.15) is 11.5 Å². The summed E-state index contributed by atoms with van der Waals surface area (Å²) in [5.41, 5.74) is 1.59. The standard InChI is InChI=1S/C20H22BNO5/c1-22(2)13-19-17-11-10-16(12-18(17)21(24)27-19)25-14-20(23)26-15-8-6-4-3-5-7-9-15/h3-12,19,24H,13-14H2,1-2H3/b4-3-,5-3?,6-4?,7-5-,8-6-,9-7?,15-8?,15-9+. The summed E-state index contributed by atoms with van der Waals surface area (Å²) < 4.78 is 16.4. The Morgan fingerprint density at radius 2 is 2.00 bits per heavy atom. The monoisotopic (exact) mass is 367 g/mol. The molecule has 0 bridgehead atoms. The zero-order valence-electron chi connectivity index (χ0n) is 15.4. The Morgan fingerprint density at radius 3 is 2.81 bits per heavy atom. The summed E-state index contributed by atoms with van der Waals surface area (Å²) in [5, 5.41) is 10.1. The molecule has 0 radical (unpaired) electrons. The number of carbonyl (C=O) groups is 1. The lowest BCUT2D eigenvalue weighted by atomic mass is 9.79. The molecular formula is C20H22BNO5. The number of benzene rings is 1. The number of nitrogens with zero attached hydrogens (tertiary/aromatic N) is 1. The van der Waals surface area contributed by atoms with Gasteiger partial charge in [-0.3, -0.25) is 0 Å². The van der Waals surface area contributed by atoms with Crippen molar-refractivity contribution in [1.82, 2.24) is 4.90 Å². The molecule has 0 fully saturated rings. The van der Waals surface area contributed by atoms with E-state index in [1.807, 2.05) is 43.3 Å². The maximum absolute atomic E-state index is 12.0. The summed E-state index contributed by atoms with van der Waals surface area (Å²) in [5.74, 6) is 0.406. The number of fused-ring (bicyclic) bond motifs is 1. The summed E-state index contributed by atoms with van der Waals surface area (Å²) in [6, 6.07) is 5.32. The first kappa shape index (κ1) is 19.2. The fourth-order valence-corrected chi connectivity index (χ4v) is 2.84. The van der Waals surface area contributed by atoms with Crippen molar-refractivity contribution in [3.8, 4) is 5.75 Å². The van der Waals surface area contributed by atoms with Gasteiger partial charge >= 0.3 is 13.1 Å². The zero-order chi connectivity index (χ0) is 19.2. The third kappa shape index (κ3) is 5.20. The number of esters is 1. The van der Waals surface area contributed by atoms with Crippen LogP contribution in [-0.4, -0.2) is 50.3 Å². The van der Waals surface area contributed by atoms with Crippen LogP contribution >= 0.6 is 0 Å². The Bertz CT molecular complexity index is 813. The van der Waals surface area contributed by atoms with Gasteiger partial charge in [0.15, 0.2) is 6.61 Å². The largest absolute Gasteiger partial charge is 0.492 e. The second kappa shape index (κ2) is 8.86. The third-order valence-electron chi connectivity index (χ3n) is 4.05. The second-order valence-corrected chi connectivity index (χ2v) is 6.49. The van der Waals surface area contributed by atoms with Crippen LogP contribution < -0.4 is 10.2 Å². The Balaban J connectivity index is 1.59. The first-order valence-electron chi connectivity index (χ1n) is 8.70. The van der Waals surface area contributed by atoms with Crippen LogP contribution in [0.4, 0.5) is 0 Å². The number of rotatable bonds is 6. The number of hydrogen-bond donors (Lipinski definition) is 1. The molecular weight excluding hydrogens is 345 g/mol. The lowest BCUT2D eigenvalue weighted by molar-refractivity contribution is -0.141. The van der Waals surface area contributed by atoms with E-state index in [2.05, 4.69) is 0 Å². The highest BCUT2D eigenvalue weighted by Gasteiger charge is 2.35. The normalized spacial score (nSPS) is 23.6. The van der Waals surface area contributed by atoms with E-state index in [1.54, 1.807) is 36.4 Å². The van der Waals surface area contributed by atoms with Crippen molar-refractivity contribution in [3.63, 3.8) is 0 Å². The molecule has 0 amide bonds. The van der Waals surface area contributed by atoms with E-state index >= 15 is 0 Å². The van der Waals surface area contributed by atoms with Gasteiger partial charge < -0.3 is 24.1 Å². The minimum absolute atomic E-state index is 0.191. The van der Waals surface area contributed by atoms with Gasteiger partial charge in [-0.15, -0.1) is 0 Å². The SMILES string of the molecule is CN(C)CC1OB(O)c2cc(OCC(=O)OC3=C/C=C\C=C/C=C\3)ccc21. The number of likely N-dealkylation sites (N-methyl/N-ethyl adjacent to an activating group) is 1. The van der Waals surface area contributed by atoms with E-state index in [0.717, 1.165) is 5.56 Å². The summed E-state index contributed by atoms with van der Waals surface area (Å²) in [7, 11) is 2.90. The summed E-state index contributed by atoms with van der Waals surface area (Å²) in [6.45, 7) is 0.435. The average molecular weight is 367 g/mol. The molecule has 0 saturated heterocycles. The number of ether oxygens (including phenoxy) is 2. The fourth-order valence-electron chi connectivity index (χ4n) is 2.84. The predicted octanol–water partition coefficient (Wildman–Crippen LogP) is 1.50. The molecule has 0 aromatic heterocycles. The molecule has 1 aliphatic carbocycles. The molecule has 1 aromatic rings. The van der Waals surface area contributed by atoms with E-state index in [1.165, 1.54) is 0 Å². The first-order valence-corrected chi connectivity index (χ1v) is 8.70. The van der Waals surface area contributed by atoms with Crippen LogP contribution in [0.1, 0.15) is 11.7 Å². The maximum atomic E-state index is 12.0. The second-order valence-electron chi connectivity index (χ2n) is 6.49.